The second-order valence-electron chi connectivity index (χ2n) is 2.24. The molecule has 10 heavy (non-hydrogen) atoms. The van der Waals surface area contributed by atoms with Gasteiger partial charge in [-0.1, -0.05) is 19.8 Å². The molecule has 0 heterocycles. The third-order valence-corrected chi connectivity index (χ3v) is 1.60. The maximum Gasteiger partial charge on any atom is 0.206 e. The minimum atomic E-state index is 0.189. The monoisotopic (exact) mass is 255 g/mol. The summed E-state index contributed by atoms with van der Waals surface area (Å²) in [5, 5.41) is 3.06. The van der Waals surface area contributed by atoms with E-state index < -0.39 is 0 Å². The first kappa shape index (κ1) is 10.4. The Morgan fingerprint density at radius 2 is 2.20 bits per heavy atom. The first-order valence-corrected chi connectivity index (χ1v) is 4.74. The average molecular weight is 255 g/mol. The summed E-state index contributed by atoms with van der Waals surface area (Å²) in [6.45, 7) is 3.66. The highest BCUT2D eigenvalue weighted by molar-refractivity contribution is 14.1. The van der Waals surface area contributed by atoms with Crippen molar-refractivity contribution in [1.29, 1.82) is 0 Å². The van der Waals surface area contributed by atoms with E-state index in [2.05, 4.69) is 12.2 Å². The minimum absolute atomic E-state index is 0.189. The third kappa shape index (κ3) is 8.36. The molecule has 0 aliphatic carbocycles. The SMILES string of the molecule is CCCCCNCC(=O)I. The number of carbonyl (C=O) groups excluding carboxylic acids is 1. The zero-order chi connectivity index (χ0) is 7.82. The average Bonchev–Trinajstić information content (AvgIpc) is 1.87. The summed E-state index contributed by atoms with van der Waals surface area (Å²) in [4.78, 5) is 10.4. The second kappa shape index (κ2) is 7.47. The van der Waals surface area contributed by atoms with Crippen LogP contribution in [-0.2, 0) is 4.79 Å². The zero-order valence-electron chi connectivity index (χ0n) is 6.32. The topological polar surface area (TPSA) is 29.1 Å². The van der Waals surface area contributed by atoms with Crippen LogP contribution in [0.2, 0.25) is 0 Å². The van der Waals surface area contributed by atoms with Crippen molar-refractivity contribution in [1.82, 2.24) is 5.32 Å². The van der Waals surface area contributed by atoms with Gasteiger partial charge in [0.15, 0.2) is 0 Å². The highest BCUT2D eigenvalue weighted by Gasteiger charge is 1.91. The molecule has 0 fully saturated rings. The number of carbonyl (C=O) groups is 1. The van der Waals surface area contributed by atoms with Crippen LogP contribution in [0.5, 0.6) is 0 Å². The Labute approximate surface area is 75.9 Å². The van der Waals surface area contributed by atoms with Crippen molar-refractivity contribution in [3.05, 3.63) is 0 Å². The molecule has 60 valence electrons. The molecule has 0 radical (unpaired) electrons. The fraction of sp³-hybridized carbons (Fsp3) is 0.857. The minimum Gasteiger partial charge on any atom is -0.309 e. The molecule has 0 saturated heterocycles. The van der Waals surface area contributed by atoms with E-state index in [0.717, 1.165) is 6.54 Å². The van der Waals surface area contributed by atoms with Crippen LogP contribution < -0.4 is 5.32 Å². The lowest BCUT2D eigenvalue weighted by Gasteiger charge is -1.98. The number of hydrogen-bond donors (Lipinski definition) is 1. The number of hydrogen-bond acceptors (Lipinski definition) is 2. The van der Waals surface area contributed by atoms with Gasteiger partial charge in [-0.25, -0.2) is 0 Å². The van der Waals surface area contributed by atoms with Crippen LogP contribution in [0.15, 0.2) is 0 Å². The van der Waals surface area contributed by atoms with E-state index in [0.29, 0.717) is 6.54 Å². The van der Waals surface area contributed by atoms with Crippen molar-refractivity contribution in [2.24, 2.45) is 0 Å². The Morgan fingerprint density at radius 3 is 2.70 bits per heavy atom. The number of nitrogens with one attached hydrogen (secondary N) is 1. The fourth-order valence-electron chi connectivity index (χ4n) is 0.687. The molecule has 0 aromatic rings. The Hall–Kier alpha value is 0.360. The standard InChI is InChI=1S/C7H14INO/c1-2-3-4-5-9-6-7(8)10/h9H,2-6H2,1H3. The summed E-state index contributed by atoms with van der Waals surface area (Å²) in [5.41, 5.74) is 0. The zero-order valence-corrected chi connectivity index (χ0v) is 8.48. The number of halogens is 1. The van der Waals surface area contributed by atoms with Crippen LogP contribution in [0, 0.1) is 0 Å². The molecule has 0 saturated carbocycles. The predicted octanol–water partition coefficient (Wildman–Crippen LogP) is 1.73. The highest BCUT2D eigenvalue weighted by atomic mass is 127. The van der Waals surface area contributed by atoms with Gasteiger partial charge >= 0.3 is 0 Å². The maximum atomic E-state index is 10.4. The van der Waals surface area contributed by atoms with Gasteiger partial charge in [-0.3, -0.25) is 4.79 Å². The van der Waals surface area contributed by atoms with Crippen LogP contribution in [-0.4, -0.2) is 16.9 Å². The van der Waals surface area contributed by atoms with E-state index in [1.54, 1.807) is 22.6 Å². The molecule has 0 aromatic carbocycles. The Kier molecular flexibility index (Phi) is 7.74. The van der Waals surface area contributed by atoms with Gasteiger partial charge in [0.05, 0.1) is 6.54 Å². The molecule has 2 nitrogen and oxygen atoms in total. The van der Waals surface area contributed by atoms with Crippen LogP contribution in [0.4, 0.5) is 0 Å². The van der Waals surface area contributed by atoms with Gasteiger partial charge < -0.3 is 5.32 Å². The van der Waals surface area contributed by atoms with Gasteiger partial charge in [-0.2, -0.15) is 0 Å². The van der Waals surface area contributed by atoms with Crippen molar-refractivity contribution < 1.29 is 4.79 Å². The summed E-state index contributed by atoms with van der Waals surface area (Å²) in [7, 11) is 0. The van der Waals surface area contributed by atoms with E-state index >= 15 is 0 Å². The largest absolute Gasteiger partial charge is 0.309 e. The molecule has 0 amide bonds. The summed E-state index contributed by atoms with van der Waals surface area (Å²) >= 11 is 1.80. The van der Waals surface area contributed by atoms with Crippen LogP contribution in [0.1, 0.15) is 26.2 Å². The predicted molar refractivity (Wildman–Crippen MR) is 51.4 cm³/mol. The first-order chi connectivity index (χ1) is 4.77. The molecule has 0 atom stereocenters. The van der Waals surface area contributed by atoms with Gasteiger partial charge in [0.1, 0.15) is 0 Å². The van der Waals surface area contributed by atoms with Crippen molar-refractivity contribution >= 4 is 26.4 Å². The van der Waals surface area contributed by atoms with Crippen LogP contribution in [0.25, 0.3) is 0 Å². The van der Waals surface area contributed by atoms with E-state index in [1.807, 2.05) is 0 Å². The lowest BCUT2D eigenvalue weighted by molar-refractivity contribution is -0.108. The molecule has 0 unspecified atom stereocenters. The lowest BCUT2D eigenvalue weighted by Crippen LogP contribution is -2.20. The summed E-state index contributed by atoms with van der Waals surface area (Å²) in [5.74, 6) is 0. The normalized spacial score (nSPS) is 9.80. The Bertz CT molecular complexity index is 95.6. The van der Waals surface area contributed by atoms with E-state index in [-0.39, 0.29) is 3.79 Å². The smallest absolute Gasteiger partial charge is 0.206 e. The molecular weight excluding hydrogens is 241 g/mol. The van der Waals surface area contributed by atoms with Gasteiger partial charge in [-0.15, -0.1) is 0 Å². The van der Waals surface area contributed by atoms with Crippen molar-refractivity contribution in [3.63, 3.8) is 0 Å². The van der Waals surface area contributed by atoms with E-state index in [1.165, 1.54) is 19.3 Å². The van der Waals surface area contributed by atoms with E-state index in [9.17, 15) is 4.79 Å². The Balaban J connectivity index is 2.84. The van der Waals surface area contributed by atoms with Crippen molar-refractivity contribution in [2.45, 2.75) is 26.2 Å². The molecule has 0 aromatic heterocycles. The first-order valence-electron chi connectivity index (χ1n) is 3.66. The fourth-order valence-corrected chi connectivity index (χ4v) is 0.956. The molecule has 0 spiro atoms. The number of rotatable bonds is 6. The van der Waals surface area contributed by atoms with Gasteiger partial charge in [0, 0.05) is 22.6 Å². The van der Waals surface area contributed by atoms with Gasteiger partial charge in [0.25, 0.3) is 0 Å². The number of unbranched alkanes of at least 4 members (excludes halogenated alkanes) is 2. The molecule has 1 N–H and O–H groups in total. The van der Waals surface area contributed by atoms with Gasteiger partial charge in [0.2, 0.25) is 3.79 Å². The lowest BCUT2D eigenvalue weighted by atomic mass is 10.2. The molecule has 3 heteroatoms. The molecule has 0 bridgehead atoms. The summed E-state index contributed by atoms with van der Waals surface area (Å²) in [6.07, 6.45) is 3.67. The quantitative estimate of drug-likeness (QED) is 0.445. The summed E-state index contributed by atoms with van der Waals surface area (Å²) in [6, 6.07) is 0. The van der Waals surface area contributed by atoms with Crippen molar-refractivity contribution in [2.75, 3.05) is 13.1 Å². The van der Waals surface area contributed by atoms with Crippen molar-refractivity contribution in [3.8, 4) is 0 Å². The van der Waals surface area contributed by atoms with Gasteiger partial charge in [-0.05, 0) is 13.0 Å². The molecule has 0 aliphatic rings. The molecule has 0 rings (SSSR count). The third-order valence-electron chi connectivity index (χ3n) is 1.22. The van der Waals surface area contributed by atoms with E-state index in [4.69, 9.17) is 0 Å². The molecule has 0 aliphatic heterocycles. The summed E-state index contributed by atoms with van der Waals surface area (Å²) < 4.78 is 0.189. The maximum absolute atomic E-state index is 10.4. The van der Waals surface area contributed by atoms with Crippen LogP contribution >= 0.6 is 22.6 Å². The second-order valence-corrected chi connectivity index (χ2v) is 3.44. The molecular formula is C7H14INO. The Morgan fingerprint density at radius 1 is 1.50 bits per heavy atom. The highest BCUT2D eigenvalue weighted by Crippen LogP contribution is 1.91. The van der Waals surface area contributed by atoms with Crippen LogP contribution in [0.3, 0.4) is 0 Å².